The van der Waals surface area contributed by atoms with Gasteiger partial charge in [-0.05, 0) is 43.4 Å². The zero-order valence-electron chi connectivity index (χ0n) is 18.8. The van der Waals surface area contributed by atoms with Crippen LogP contribution < -0.4 is 10.3 Å². The van der Waals surface area contributed by atoms with Crippen LogP contribution in [0.5, 0.6) is 5.75 Å². The molecule has 6 rings (SSSR count). The molecule has 0 saturated heterocycles. The number of ether oxygens (including phenoxy) is 2. The maximum absolute atomic E-state index is 15.1. The lowest BCUT2D eigenvalue weighted by atomic mass is 9.86. The van der Waals surface area contributed by atoms with Gasteiger partial charge in [-0.1, -0.05) is 18.7 Å². The van der Waals surface area contributed by atoms with Gasteiger partial charge < -0.3 is 19.1 Å². The smallest absolute Gasteiger partial charge is 0.343 e. The molecule has 3 aromatic rings. The van der Waals surface area contributed by atoms with Crippen molar-refractivity contribution in [2.75, 3.05) is 0 Å². The summed E-state index contributed by atoms with van der Waals surface area (Å²) in [6, 6.07) is 3.02. The summed E-state index contributed by atoms with van der Waals surface area (Å²) in [5, 5.41) is 13.7. The number of pyridine rings is 2. The number of fused-ring (bicyclic) bond motifs is 5. The molecule has 7 nitrogen and oxygen atoms in total. The number of hydrogen-bond acceptors (Lipinski definition) is 7. The Labute approximate surface area is 198 Å². The second kappa shape index (κ2) is 7.16. The Hall–Kier alpha value is -3.17. The Morgan fingerprint density at radius 2 is 2.12 bits per heavy atom. The van der Waals surface area contributed by atoms with E-state index in [1.54, 1.807) is 17.6 Å². The fourth-order valence-corrected chi connectivity index (χ4v) is 5.93. The van der Waals surface area contributed by atoms with Crippen molar-refractivity contribution < 1.29 is 23.8 Å². The average Bonchev–Trinajstić information content (AvgIpc) is 3.18. The first kappa shape index (κ1) is 21.4. The molecule has 5 heterocycles. The fraction of sp³-hybridized carbons (Fsp3) is 0.320. The van der Waals surface area contributed by atoms with Crippen LogP contribution in [-0.2, 0) is 28.3 Å². The number of aliphatic hydroxyl groups is 1. The Morgan fingerprint density at radius 1 is 1.32 bits per heavy atom. The highest BCUT2D eigenvalue weighted by Crippen LogP contribution is 2.48. The predicted molar refractivity (Wildman–Crippen MR) is 125 cm³/mol. The van der Waals surface area contributed by atoms with E-state index in [0.29, 0.717) is 21.8 Å². The predicted octanol–water partition coefficient (Wildman–Crippen LogP) is 4.08. The normalized spacial score (nSPS) is 19.8. The molecule has 0 spiro atoms. The minimum absolute atomic E-state index is 0.0676. The lowest BCUT2D eigenvalue weighted by Gasteiger charge is -2.31. The molecule has 1 atom stereocenters. The van der Waals surface area contributed by atoms with Crippen LogP contribution in [0.3, 0.4) is 0 Å². The summed E-state index contributed by atoms with van der Waals surface area (Å²) < 4.78 is 27.6. The molecule has 0 aliphatic carbocycles. The van der Waals surface area contributed by atoms with Crippen LogP contribution in [0, 0.1) is 5.82 Å². The van der Waals surface area contributed by atoms with Gasteiger partial charge in [0.15, 0.2) is 17.2 Å². The third kappa shape index (κ3) is 2.71. The lowest BCUT2D eigenvalue weighted by Crippen LogP contribution is -2.44. The first-order valence-corrected chi connectivity index (χ1v) is 12.0. The fourth-order valence-electron chi connectivity index (χ4n) is 5.01. The van der Waals surface area contributed by atoms with Crippen LogP contribution in [0.15, 0.2) is 27.2 Å². The van der Waals surface area contributed by atoms with E-state index in [1.807, 2.05) is 25.3 Å². The number of nitrogens with zero attached hydrogens (tertiary/aromatic N) is 2. The molecular formula is C25H21FN2O5S. The number of aromatic nitrogens is 2. The Kier molecular flexibility index (Phi) is 4.50. The van der Waals surface area contributed by atoms with Crippen LogP contribution in [0.2, 0.25) is 0 Å². The molecule has 0 saturated carbocycles. The summed E-state index contributed by atoms with van der Waals surface area (Å²) in [5.41, 5.74) is 1.49. The summed E-state index contributed by atoms with van der Waals surface area (Å²) in [5.74, 6) is -1.07. The Balaban J connectivity index is 1.64. The largest absolute Gasteiger partial charge is 0.487 e. The summed E-state index contributed by atoms with van der Waals surface area (Å²) >= 11 is 1.38. The molecule has 174 valence electrons. The first-order valence-electron chi connectivity index (χ1n) is 11.1. The summed E-state index contributed by atoms with van der Waals surface area (Å²) in [4.78, 5) is 31.2. The van der Waals surface area contributed by atoms with E-state index in [9.17, 15) is 14.7 Å². The van der Waals surface area contributed by atoms with Gasteiger partial charge in [0.25, 0.3) is 5.56 Å². The van der Waals surface area contributed by atoms with Crippen molar-refractivity contribution in [3.63, 3.8) is 0 Å². The van der Waals surface area contributed by atoms with Crippen molar-refractivity contribution in [2.45, 2.75) is 56.9 Å². The molecular weight excluding hydrogens is 459 g/mol. The number of esters is 1. The zero-order chi connectivity index (χ0) is 23.9. The second-order valence-electron chi connectivity index (χ2n) is 8.95. The molecule has 0 bridgehead atoms. The van der Waals surface area contributed by atoms with Gasteiger partial charge >= 0.3 is 5.97 Å². The molecule has 2 aromatic heterocycles. The van der Waals surface area contributed by atoms with Gasteiger partial charge in [-0.3, -0.25) is 4.79 Å². The number of hydrogen-bond donors (Lipinski definition) is 1. The van der Waals surface area contributed by atoms with E-state index in [0.717, 1.165) is 16.5 Å². The van der Waals surface area contributed by atoms with Crippen molar-refractivity contribution in [2.24, 2.45) is 0 Å². The molecule has 34 heavy (non-hydrogen) atoms. The van der Waals surface area contributed by atoms with Gasteiger partial charge in [0.1, 0.15) is 6.61 Å². The minimum Gasteiger partial charge on any atom is -0.487 e. The lowest BCUT2D eigenvalue weighted by molar-refractivity contribution is -0.172. The highest BCUT2D eigenvalue weighted by atomic mass is 32.2. The van der Waals surface area contributed by atoms with Crippen LogP contribution >= 0.6 is 11.8 Å². The SMILES string of the molecule is CC[C@@]1(O)C(=O)OCc2c1cc1n(c2=O)Cc2c-1nc1cc(F)c(OC(C)C)c3c1c2C=CS3. The molecule has 3 aliphatic rings. The number of rotatable bonds is 3. The molecule has 0 unspecified atom stereocenters. The van der Waals surface area contributed by atoms with Crippen molar-refractivity contribution in [3.8, 4) is 17.1 Å². The van der Waals surface area contributed by atoms with Crippen molar-refractivity contribution >= 4 is 34.7 Å². The van der Waals surface area contributed by atoms with Crippen LogP contribution in [-0.4, -0.2) is 26.7 Å². The highest BCUT2D eigenvalue weighted by molar-refractivity contribution is 8.02. The molecule has 0 radical (unpaired) electrons. The van der Waals surface area contributed by atoms with E-state index >= 15 is 4.39 Å². The van der Waals surface area contributed by atoms with Crippen molar-refractivity contribution in [1.82, 2.24) is 9.55 Å². The highest BCUT2D eigenvalue weighted by Gasteiger charge is 2.45. The van der Waals surface area contributed by atoms with E-state index in [4.69, 9.17) is 14.5 Å². The molecule has 0 amide bonds. The number of halogens is 1. The van der Waals surface area contributed by atoms with E-state index in [2.05, 4.69) is 0 Å². The quantitative estimate of drug-likeness (QED) is 0.442. The van der Waals surface area contributed by atoms with Gasteiger partial charge in [-0.15, -0.1) is 0 Å². The second-order valence-corrected chi connectivity index (χ2v) is 9.87. The monoisotopic (exact) mass is 480 g/mol. The number of cyclic esters (lactones) is 1. The summed E-state index contributed by atoms with van der Waals surface area (Å²) in [6.07, 6.45) is 1.82. The van der Waals surface area contributed by atoms with E-state index in [1.165, 1.54) is 17.8 Å². The maximum atomic E-state index is 15.1. The molecule has 0 fully saturated rings. The maximum Gasteiger partial charge on any atom is 0.343 e. The number of thioether (sulfide) groups is 1. The summed E-state index contributed by atoms with van der Waals surface area (Å²) in [7, 11) is 0. The van der Waals surface area contributed by atoms with Crippen molar-refractivity contribution in [1.29, 1.82) is 0 Å². The Bertz CT molecular complexity index is 1530. The third-order valence-electron chi connectivity index (χ3n) is 6.66. The average molecular weight is 481 g/mol. The van der Waals surface area contributed by atoms with Gasteiger partial charge in [0.05, 0.1) is 40.0 Å². The zero-order valence-corrected chi connectivity index (χ0v) is 19.6. The van der Waals surface area contributed by atoms with Gasteiger partial charge in [-0.2, -0.15) is 0 Å². The minimum atomic E-state index is -1.89. The number of benzene rings is 1. The summed E-state index contributed by atoms with van der Waals surface area (Å²) in [6.45, 7) is 5.45. The van der Waals surface area contributed by atoms with E-state index < -0.39 is 17.4 Å². The first-order chi connectivity index (χ1) is 16.2. The van der Waals surface area contributed by atoms with Gasteiger partial charge in [-0.25, -0.2) is 14.2 Å². The van der Waals surface area contributed by atoms with Crippen LogP contribution in [0.25, 0.3) is 28.4 Å². The molecule has 9 heteroatoms. The molecule has 1 aromatic carbocycles. The van der Waals surface area contributed by atoms with Crippen LogP contribution in [0.4, 0.5) is 4.39 Å². The van der Waals surface area contributed by atoms with Crippen molar-refractivity contribution in [3.05, 3.63) is 56.0 Å². The standard InChI is InChI=1S/C25H21FN2O5S/c1-4-25(31)15-7-18-20-13(9-28(18)23(29)14(15)10-32-24(25)30)12-5-6-34-22-19(12)17(27-20)8-16(26)21(22)33-11(2)3/h5-8,11,31H,4,9-10H2,1-3H3/t25-/m0/s1. The Morgan fingerprint density at radius 3 is 2.85 bits per heavy atom. The topological polar surface area (TPSA) is 90.7 Å². The van der Waals surface area contributed by atoms with Gasteiger partial charge in [0, 0.05) is 22.6 Å². The molecule has 1 N–H and O–H groups in total. The molecule has 3 aliphatic heterocycles. The third-order valence-corrected chi connectivity index (χ3v) is 7.56. The van der Waals surface area contributed by atoms with E-state index in [-0.39, 0.29) is 48.1 Å². The van der Waals surface area contributed by atoms with Gasteiger partial charge in [0.2, 0.25) is 0 Å². The number of carbonyl (C=O) groups excluding carboxylic acids is 1. The number of carbonyl (C=O) groups is 1. The van der Waals surface area contributed by atoms with Crippen LogP contribution in [0.1, 0.15) is 49.4 Å².